The first kappa shape index (κ1) is 13.5. The number of hydrogen-bond acceptors (Lipinski definition) is 3. The highest BCUT2D eigenvalue weighted by Gasteiger charge is 2.11. The van der Waals surface area contributed by atoms with Gasteiger partial charge in [-0.05, 0) is 24.0 Å². The van der Waals surface area contributed by atoms with Crippen molar-refractivity contribution in [3.8, 4) is 0 Å². The van der Waals surface area contributed by atoms with E-state index < -0.39 is 6.17 Å². The molecule has 0 aliphatic rings. The van der Waals surface area contributed by atoms with E-state index in [9.17, 15) is 4.39 Å². The van der Waals surface area contributed by atoms with Crippen LogP contribution >= 0.6 is 12.0 Å². The van der Waals surface area contributed by atoms with Crippen LogP contribution < -0.4 is 5.32 Å². The summed E-state index contributed by atoms with van der Waals surface area (Å²) in [5, 5.41) is 3.17. The second-order valence-corrected chi connectivity index (χ2v) is 4.26. The number of nitrogens with one attached hydrogen (secondary N) is 1. The van der Waals surface area contributed by atoms with Crippen molar-refractivity contribution in [2.24, 2.45) is 0 Å². The molecule has 2 N–H and O–H groups in total. The minimum absolute atomic E-state index is 0.123. The predicted octanol–water partition coefficient (Wildman–Crippen LogP) is 3.27. The maximum Gasteiger partial charge on any atom is 0.124 e. The number of benzene rings is 1. The molecule has 2 atom stereocenters. The molecule has 0 saturated carbocycles. The lowest BCUT2D eigenvalue weighted by molar-refractivity contribution is 0.330. The van der Waals surface area contributed by atoms with Crippen LogP contribution in [0.1, 0.15) is 24.9 Å². The van der Waals surface area contributed by atoms with E-state index in [4.69, 9.17) is 4.55 Å². The van der Waals surface area contributed by atoms with Gasteiger partial charge in [-0.3, -0.25) is 0 Å². The van der Waals surface area contributed by atoms with E-state index >= 15 is 0 Å². The molecule has 0 saturated heterocycles. The van der Waals surface area contributed by atoms with Gasteiger partial charge in [-0.2, -0.15) is 0 Å². The van der Waals surface area contributed by atoms with E-state index in [0.29, 0.717) is 12.0 Å². The van der Waals surface area contributed by atoms with E-state index in [0.717, 1.165) is 6.42 Å². The van der Waals surface area contributed by atoms with Crippen molar-refractivity contribution in [3.63, 3.8) is 0 Å². The number of alkyl halides is 1. The van der Waals surface area contributed by atoms with Crippen molar-refractivity contribution in [1.82, 2.24) is 5.32 Å². The lowest BCUT2D eigenvalue weighted by atomic mass is 10.0. The highest BCUT2D eigenvalue weighted by molar-refractivity contribution is 7.93. The van der Waals surface area contributed by atoms with E-state index in [1.807, 2.05) is 30.3 Å². The summed E-state index contributed by atoms with van der Waals surface area (Å²) in [5.74, 6) is 0.123. The topological polar surface area (TPSA) is 32.3 Å². The van der Waals surface area contributed by atoms with Gasteiger partial charge in [0.25, 0.3) is 0 Å². The molecule has 0 bridgehead atoms. The van der Waals surface area contributed by atoms with Gasteiger partial charge in [-0.15, -0.1) is 0 Å². The molecule has 0 aliphatic carbocycles. The summed E-state index contributed by atoms with van der Waals surface area (Å²) in [5.41, 5.74) is 1.17. The second kappa shape index (κ2) is 7.65. The van der Waals surface area contributed by atoms with Gasteiger partial charge in [-0.1, -0.05) is 37.3 Å². The highest BCUT2D eigenvalue weighted by atomic mass is 32.2. The number of rotatable bonds is 7. The van der Waals surface area contributed by atoms with E-state index in [1.165, 1.54) is 5.56 Å². The third-order valence-corrected chi connectivity index (χ3v) is 2.96. The van der Waals surface area contributed by atoms with Crippen molar-refractivity contribution in [2.75, 3.05) is 12.3 Å². The van der Waals surface area contributed by atoms with Gasteiger partial charge < -0.3 is 9.87 Å². The Bertz CT molecular complexity index is 284. The average Bonchev–Trinajstić information content (AvgIpc) is 2.31. The number of halogens is 1. The van der Waals surface area contributed by atoms with E-state index in [1.54, 1.807) is 0 Å². The fourth-order valence-electron chi connectivity index (χ4n) is 1.59. The van der Waals surface area contributed by atoms with Crippen molar-refractivity contribution in [2.45, 2.75) is 25.6 Å². The maximum atomic E-state index is 13.2. The Hall–Kier alpha value is -0.580. The van der Waals surface area contributed by atoms with Crippen LogP contribution in [0.4, 0.5) is 4.39 Å². The normalized spacial score (nSPS) is 14.7. The Morgan fingerprint density at radius 3 is 2.62 bits per heavy atom. The molecule has 1 aromatic rings. The van der Waals surface area contributed by atoms with Gasteiger partial charge in [0, 0.05) is 12.6 Å². The Morgan fingerprint density at radius 1 is 1.38 bits per heavy atom. The van der Waals surface area contributed by atoms with Gasteiger partial charge in [0.15, 0.2) is 0 Å². The molecule has 0 aromatic heterocycles. The number of hydrogen-bond donors (Lipinski definition) is 2. The van der Waals surface area contributed by atoms with Crippen LogP contribution in [0.2, 0.25) is 0 Å². The van der Waals surface area contributed by atoms with Crippen LogP contribution in [0, 0.1) is 0 Å². The molecule has 2 unspecified atom stereocenters. The standard InChI is InChI=1S/C12H18FNOS/c1-2-12(10-6-4-3-5-7-10)14-8-11(13)9-16-15/h3-7,11-12,14-15H,2,8-9H2,1H3. The molecule has 1 rings (SSSR count). The summed E-state index contributed by atoms with van der Waals surface area (Å²) in [7, 11) is 0. The molecule has 0 radical (unpaired) electrons. The SMILES string of the molecule is CCC(NCC(F)CSO)c1ccccc1. The van der Waals surface area contributed by atoms with Gasteiger partial charge >= 0.3 is 0 Å². The molecule has 0 aliphatic heterocycles. The highest BCUT2D eigenvalue weighted by Crippen LogP contribution is 2.16. The molecular weight excluding hydrogens is 225 g/mol. The molecule has 0 spiro atoms. The molecule has 4 heteroatoms. The van der Waals surface area contributed by atoms with Crippen molar-refractivity contribution in [3.05, 3.63) is 35.9 Å². The third kappa shape index (κ3) is 4.51. The molecule has 16 heavy (non-hydrogen) atoms. The summed E-state index contributed by atoms with van der Waals surface area (Å²) in [6, 6.07) is 10.2. The van der Waals surface area contributed by atoms with Crippen LogP contribution in [0.15, 0.2) is 30.3 Å². The lowest BCUT2D eigenvalue weighted by Gasteiger charge is -2.18. The summed E-state index contributed by atoms with van der Waals surface area (Å²) >= 11 is 0.550. The van der Waals surface area contributed by atoms with Gasteiger partial charge in [0.05, 0.1) is 5.75 Å². The van der Waals surface area contributed by atoms with Crippen LogP contribution in [-0.2, 0) is 0 Å². The van der Waals surface area contributed by atoms with Gasteiger partial charge in [0.2, 0.25) is 0 Å². The summed E-state index contributed by atoms with van der Waals surface area (Å²) in [4.78, 5) is 0. The second-order valence-electron chi connectivity index (χ2n) is 3.67. The third-order valence-electron chi connectivity index (χ3n) is 2.45. The van der Waals surface area contributed by atoms with Crippen molar-refractivity contribution < 1.29 is 8.94 Å². The summed E-state index contributed by atoms with van der Waals surface area (Å²) < 4.78 is 21.7. The van der Waals surface area contributed by atoms with Gasteiger partial charge in [-0.25, -0.2) is 4.39 Å². The first-order valence-corrected chi connectivity index (χ1v) is 6.41. The Kier molecular flexibility index (Phi) is 6.45. The Morgan fingerprint density at radius 2 is 2.06 bits per heavy atom. The quantitative estimate of drug-likeness (QED) is 0.721. The lowest BCUT2D eigenvalue weighted by Crippen LogP contribution is -2.29. The minimum atomic E-state index is -1.01. The zero-order chi connectivity index (χ0) is 11.8. The molecule has 1 aromatic carbocycles. The van der Waals surface area contributed by atoms with Crippen LogP contribution in [-0.4, -0.2) is 23.0 Å². The monoisotopic (exact) mass is 243 g/mol. The Labute approximate surface area is 100 Å². The largest absolute Gasteiger partial charge is 0.330 e. The Balaban J connectivity index is 2.44. The molecular formula is C12H18FNOS. The predicted molar refractivity (Wildman–Crippen MR) is 67.5 cm³/mol. The average molecular weight is 243 g/mol. The molecule has 0 amide bonds. The van der Waals surface area contributed by atoms with Crippen LogP contribution in [0.3, 0.4) is 0 Å². The van der Waals surface area contributed by atoms with E-state index in [2.05, 4.69) is 12.2 Å². The molecule has 2 nitrogen and oxygen atoms in total. The first-order chi connectivity index (χ1) is 7.77. The fourth-order valence-corrected chi connectivity index (χ4v) is 1.87. The molecule has 0 fully saturated rings. The first-order valence-electron chi connectivity index (χ1n) is 5.46. The fraction of sp³-hybridized carbons (Fsp3) is 0.500. The van der Waals surface area contributed by atoms with Crippen LogP contribution in [0.25, 0.3) is 0 Å². The molecule has 90 valence electrons. The maximum absolute atomic E-state index is 13.2. The summed E-state index contributed by atoms with van der Waals surface area (Å²) in [6.45, 7) is 2.35. The smallest absolute Gasteiger partial charge is 0.124 e. The van der Waals surface area contributed by atoms with Gasteiger partial charge in [0.1, 0.15) is 6.17 Å². The zero-order valence-electron chi connectivity index (χ0n) is 9.40. The van der Waals surface area contributed by atoms with Crippen LogP contribution in [0.5, 0.6) is 0 Å². The van der Waals surface area contributed by atoms with Crippen molar-refractivity contribution >= 4 is 12.0 Å². The van der Waals surface area contributed by atoms with E-state index in [-0.39, 0.29) is 18.3 Å². The molecule has 0 heterocycles. The minimum Gasteiger partial charge on any atom is -0.330 e. The van der Waals surface area contributed by atoms with Crippen molar-refractivity contribution in [1.29, 1.82) is 0 Å². The summed E-state index contributed by atoms with van der Waals surface area (Å²) in [6.07, 6.45) is -0.0871. The zero-order valence-corrected chi connectivity index (χ0v) is 10.2.